The molecule has 0 spiro atoms. The number of fused-ring (bicyclic) bond motifs is 1. The Kier molecular flexibility index (Phi) is 6.55. The van der Waals surface area contributed by atoms with E-state index in [0.29, 0.717) is 32.9 Å². The Balaban J connectivity index is 1.57. The average molecular weight is 498 g/mol. The summed E-state index contributed by atoms with van der Waals surface area (Å²) in [5.74, 6) is 0.103. The predicted octanol–water partition coefficient (Wildman–Crippen LogP) is 5.28. The molecule has 0 unspecified atom stereocenters. The second kappa shape index (κ2) is 9.21. The molecule has 3 aromatic rings. The van der Waals surface area contributed by atoms with E-state index < -0.39 is 17.6 Å². The number of aromatic nitrogens is 2. The second-order valence-electron chi connectivity index (χ2n) is 6.80. The van der Waals surface area contributed by atoms with Crippen molar-refractivity contribution in [1.82, 2.24) is 9.55 Å². The molecule has 0 saturated heterocycles. The summed E-state index contributed by atoms with van der Waals surface area (Å²) in [7, 11) is 0. The number of nitrogens with zero attached hydrogens (tertiary/aromatic N) is 2. The number of anilines is 1. The molecule has 0 atom stereocenters. The maximum atomic E-state index is 13.1. The minimum Gasteiger partial charge on any atom is -0.325 e. The van der Waals surface area contributed by atoms with Gasteiger partial charge in [-0.15, -0.1) is 11.8 Å². The molecule has 0 aliphatic carbocycles. The minimum absolute atomic E-state index is 0.0406. The van der Waals surface area contributed by atoms with E-state index in [2.05, 4.69) is 10.3 Å². The number of benzene rings is 2. The van der Waals surface area contributed by atoms with Gasteiger partial charge in [0, 0.05) is 22.9 Å². The summed E-state index contributed by atoms with van der Waals surface area (Å²) < 4.78 is 40.1. The first-order valence-electron chi connectivity index (χ1n) is 9.37. The molecule has 2 heterocycles. The molecule has 1 aliphatic rings. The Hall–Kier alpha value is -2.43. The lowest BCUT2D eigenvalue weighted by molar-refractivity contribution is -0.137. The molecule has 0 fully saturated rings. The average Bonchev–Trinajstić information content (AvgIpc) is 3.22. The fourth-order valence-electron chi connectivity index (χ4n) is 3.11. The highest BCUT2D eigenvalue weighted by molar-refractivity contribution is 8.00. The quantitative estimate of drug-likeness (QED) is 0.383. The van der Waals surface area contributed by atoms with Gasteiger partial charge in [0.25, 0.3) is 5.56 Å². The highest BCUT2D eigenvalue weighted by Gasteiger charge is 2.30. The first-order chi connectivity index (χ1) is 15.2. The van der Waals surface area contributed by atoms with Crippen LogP contribution in [0.5, 0.6) is 0 Å². The van der Waals surface area contributed by atoms with E-state index in [-0.39, 0.29) is 17.0 Å². The smallest absolute Gasteiger partial charge is 0.325 e. The lowest BCUT2D eigenvalue weighted by Gasteiger charge is -2.14. The molecule has 32 heavy (non-hydrogen) atoms. The molecule has 0 bridgehead atoms. The normalized spacial score (nSPS) is 13.1. The van der Waals surface area contributed by atoms with Crippen molar-refractivity contribution >= 4 is 46.7 Å². The van der Waals surface area contributed by atoms with Gasteiger partial charge in [-0.25, -0.2) is 4.98 Å². The van der Waals surface area contributed by atoms with Crippen LogP contribution in [0.1, 0.15) is 11.3 Å². The largest absolute Gasteiger partial charge is 0.416 e. The van der Waals surface area contributed by atoms with Gasteiger partial charge in [-0.3, -0.25) is 14.2 Å². The van der Waals surface area contributed by atoms with Crippen LogP contribution in [0.4, 0.5) is 18.9 Å². The van der Waals surface area contributed by atoms with Crippen molar-refractivity contribution in [2.45, 2.75) is 22.6 Å². The fourth-order valence-corrected chi connectivity index (χ4v) is 5.09. The van der Waals surface area contributed by atoms with Gasteiger partial charge >= 0.3 is 6.18 Å². The third-order valence-electron chi connectivity index (χ3n) is 4.56. The van der Waals surface area contributed by atoms with Crippen LogP contribution < -0.4 is 10.9 Å². The molecule has 2 aromatic carbocycles. The van der Waals surface area contributed by atoms with E-state index in [0.717, 1.165) is 29.6 Å². The van der Waals surface area contributed by atoms with E-state index in [1.165, 1.54) is 28.5 Å². The third-order valence-corrected chi connectivity index (χ3v) is 6.86. The van der Waals surface area contributed by atoms with Gasteiger partial charge in [-0.1, -0.05) is 29.4 Å². The van der Waals surface area contributed by atoms with Crippen molar-refractivity contribution in [3.63, 3.8) is 0 Å². The zero-order valence-electron chi connectivity index (χ0n) is 16.3. The first kappa shape index (κ1) is 22.8. The Morgan fingerprint density at radius 3 is 2.69 bits per heavy atom. The maximum Gasteiger partial charge on any atom is 0.416 e. The molecule has 0 saturated carbocycles. The Bertz CT molecular complexity index is 1230. The van der Waals surface area contributed by atoms with Crippen LogP contribution in [-0.4, -0.2) is 27.0 Å². The van der Waals surface area contributed by atoms with Crippen LogP contribution in [0.3, 0.4) is 0 Å². The fraction of sp³-hybridized carbons (Fsp3) is 0.190. The van der Waals surface area contributed by atoms with Crippen LogP contribution in [0.25, 0.3) is 5.69 Å². The first-order valence-corrected chi connectivity index (χ1v) is 11.7. The Morgan fingerprint density at radius 1 is 1.22 bits per heavy atom. The van der Waals surface area contributed by atoms with Crippen molar-refractivity contribution in [3.8, 4) is 5.69 Å². The van der Waals surface area contributed by atoms with Gasteiger partial charge in [-0.2, -0.15) is 13.2 Å². The SMILES string of the molecule is O=C(CSc1nc2c(c(=O)n1-c1ccc(Cl)cc1)SCC2)Nc1cccc(C(F)(F)F)c1. The minimum atomic E-state index is -4.50. The number of aryl methyl sites for hydroxylation is 1. The van der Waals surface area contributed by atoms with Gasteiger partial charge in [0.1, 0.15) is 0 Å². The molecule has 5 nitrogen and oxygen atoms in total. The standard InChI is InChI=1S/C21H15ClF3N3O2S2/c22-13-4-6-15(7-5-13)28-19(30)18-16(8-9-31-18)27-20(28)32-11-17(29)26-14-3-1-2-12(10-14)21(23,24)25/h1-7,10H,8-9,11H2,(H,26,29). The summed E-state index contributed by atoms with van der Waals surface area (Å²) in [6.45, 7) is 0. The molecule has 0 radical (unpaired) electrons. The number of rotatable bonds is 5. The summed E-state index contributed by atoms with van der Waals surface area (Å²) in [5, 5.41) is 3.31. The lowest BCUT2D eigenvalue weighted by atomic mass is 10.2. The van der Waals surface area contributed by atoms with Crippen LogP contribution in [-0.2, 0) is 17.4 Å². The number of halogens is 4. The number of thioether (sulfide) groups is 2. The predicted molar refractivity (Wildman–Crippen MR) is 120 cm³/mol. The molecule has 1 N–H and O–H groups in total. The van der Waals surface area contributed by atoms with Crippen molar-refractivity contribution in [2.75, 3.05) is 16.8 Å². The number of nitrogens with one attached hydrogen (secondary N) is 1. The highest BCUT2D eigenvalue weighted by atomic mass is 35.5. The van der Waals surface area contributed by atoms with Crippen molar-refractivity contribution < 1.29 is 18.0 Å². The molecule has 1 aliphatic heterocycles. The van der Waals surface area contributed by atoms with Crippen LogP contribution >= 0.6 is 35.1 Å². The number of hydrogen-bond donors (Lipinski definition) is 1. The summed E-state index contributed by atoms with van der Waals surface area (Å²) in [5.41, 5.74) is 0.214. The van der Waals surface area contributed by atoms with Gasteiger partial charge in [-0.05, 0) is 42.5 Å². The van der Waals surface area contributed by atoms with Crippen molar-refractivity contribution in [1.29, 1.82) is 0 Å². The maximum absolute atomic E-state index is 13.1. The van der Waals surface area contributed by atoms with Crippen LogP contribution in [0, 0.1) is 0 Å². The summed E-state index contributed by atoms with van der Waals surface area (Å²) in [6, 6.07) is 11.1. The number of hydrogen-bond acceptors (Lipinski definition) is 5. The van der Waals surface area contributed by atoms with Gasteiger partial charge in [0.05, 0.1) is 27.6 Å². The van der Waals surface area contributed by atoms with Gasteiger partial charge in [0.15, 0.2) is 5.16 Å². The topological polar surface area (TPSA) is 64.0 Å². The van der Waals surface area contributed by atoms with E-state index in [1.54, 1.807) is 24.3 Å². The van der Waals surface area contributed by atoms with Gasteiger partial charge < -0.3 is 5.32 Å². The lowest BCUT2D eigenvalue weighted by Crippen LogP contribution is -2.24. The number of carbonyl (C=O) groups excluding carboxylic acids is 1. The van der Waals surface area contributed by atoms with E-state index in [9.17, 15) is 22.8 Å². The van der Waals surface area contributed by atoms with Crippen LogP contribution in [0.2, 0.25) is 5.02 Å². The van der Waals surface area contributed by atoms with Crippen LogP contribution in [0.15, 0.2) is 63.4 Å². The van der Waals surface area contributed by atoms with E-state index in [4.69, 9.17) is 11.6 Å². The third kappa shape index (κ3) is 4.97. The molecule has 4 rings (SSSR count). The van der Waals surface area contributed by atoms with Gasteiger partial charge in [0.2, 0.25) is 5.91 Å². The second-order valence-corrected chi connectivity index (χ2v) is 9.29. The molecule has 166 valence electrons. The zero-order valence-corrected chi connectivity index (χ0v) is 18.7. The summed E-state index contributed by atoms with van der Waals surface area (Å²) >= 11 is 8.44. The Morgan fingerprint density at radius 2 is 1.97 bits per heavy atom. The summed E-state index contributed by atoms with van der Waals surface area (Å²) in [6.07, 6.45) is -3.85. The monoisotopic (exact) mass is 497 g/mol. The number of alkyl halides is 3. The number of carbonyl (C=O) groups is 1. The highest BCUT2D eigenvalue weighted by Crippen LogP contribution is 2.32. The van der Waals surface area contributed by atoms with Crippen molar-refractivity contribution in [2.24, 2.45) is 0 Å². The van der Waals surface area contributed by atoms with E-state index in [1.807, 2.05) is 0 Å². The van der Waals surface area contributed by atoms with E-state index >= 15 is 0 Å². The molecule has 11 heteroatoms. The van der Waals surface area contributed by atoms with Crippen molar-refractivity contribution in [3.05, 3.63) is 75.2 Å². The Labute approximate surface area is 194 Å². The molecule has 1 aromatic heterocycles. The zero-order chi connectivity index (χ0) is 22.9. The molecule has 1 amide bonds. The molecular weight excluding hydrogens is 483 g/mol. The molecular formula is C21H15ClF3N3O2S2. The number of amides is 1. The summed E-state index contributed by atoms with van der Waals surface area (Å²) in [4.78, 5) is 30.7.